The Morgan fingerprint density at radius 2 is 2.20 bits per heavy atom. The maximum atomic E-state index is 9.13. The molecule has 6 heteroatoms. The van der Waals surface area contributed by atoms with E-state index < -0.39 is 0 Å². The Labute approximate surface area is 115 Å². The number of aromatic nitrogens is 1. The minimum Gasteiger partial charge on any atom is -0.506 e. The van der Waals surface area contributed by atoms with Gasteiger partial charge in [-0.1, -0.05) is 17.9 Å². The molecule has 0 bridgehead atoms. The van der Waals surface area contributed by atoms with Crippen LogP contribution in [0, 0.1) is 11.3 Å². The van der Waals surface area contributed by atoms with E-state index in [2.05, 4.69) is 27.3 Å². The van der Waals surface area contributed by atoms with E-state index in [0.717, 1.165) is 0 Å². The summed E-state index contributed by atoms with van der Waals surface area (Å²) in [6, 6.07) is 12.0. The van der Waals surface area contributed by atoms with Crippen molar-refractivity contribution >= 4 is 11.4 Å². The normalized spacial score (nSPS) is 10.2. The van der Waals surface area contributed by atoms with E-state index in [1.165, 1.54) is 12.3 Å². The molecular weight excluding hydrogens is 254 g/mol. The van der Waals surface area contributed by atoms with E-state index in [-0.39, 0.29) is 5.75 Å². The zero-order chi connectivity index (χ0) is 14.4. The molecule has 0 unspecified atom stereocenters. The van der Waals surface area contributed by atoms with Gasteiger partial charge in [0.05, 0.1) is 29.2 Å². The van der Waals surface area contributed by atoms with E-state index >= 15 is 0 Å². The van der Waals surface area contributed by atoms with Gasteiger partial charge >= 0.3 is 0 Å². The maximum Gasteiger partial charge on any atom is 0.133 e. The van der Waals surface area contributed by atoms with Crippen LogP contribution in [0.5, 0.6) is 5.75 Å². The van der Waals surface area contributed by atoms with Crippen molar-refractivity contribution in [3.8, 4) is 11.8 Å². The minimum absolute atomic E-state index is 0.0740. The Kier molecular flexibility index (Phi) is 4.04. The Morgan fingerprint density at radius 1 is 1.35 bits per heavy atom. The van der Waals surface area contributed by atoms with Crippen LogP contribution in [-0.2, 0) is 0 Å². The van der Waals surface area contributed by atoms with Crippen LogP contribution in [0.1, 0.15) is 11.3 Å². The van der Waals surface area contributed by atoms with Crippen molar-refractivity contribution in [1.82, 2.24) is 4.98 Å². The van der Waals surface area contributed by atoms with Crippen LogP contribution in [0.4, 0.5) is 5.69 Å². The molecule has 1 heterocycles. The maximum absolute atomic E-state index is 9.13. The molecule has 2 aromatic rings. The lowest BCUT2D eigenvalue weighted by Gasteiger charge is -2.00. The second kappa shape index (κ2) is 6.11. The smallest absolute Gasteiger partial charge is 0.133 e. The van der Waals surface area contributed by atoms with Crippen LogP contribution in [0.15, 0.2) is 59.5 Å². The Hall–Kier alpha value is -3.20. The Bertz CT molecular complexity index is 685. The Balaban J connectivity index is 2.01. The number of pyridine rings is 1. The van der Waals surface area contributed by atoms with E-state index in [0.29, 0.717) is 22.6 Å². The number of nitrogens with one attached hydrogen (secondary N) is 1. The van der Waals surface area contributed by atoms with Crippen molar-refractivity contribution in [2.24, 2.45) is 10.3 Å². The van der Waals surface area contributed by atoms with Crippen molar-refractivity contribution < 1.29 is 5.11 Å². The van der Waals surface area contributed by atoms with Gasteiger partial charge in [-0.3, -0.25) is 10.4 Å². The first-order valence-corrected chi connectivity index (χ1v) is 5.70. The lowest BCUT2D eigenvalue weighted by atomic mass is 10.2. The highest BCUT2D eigenvalue weighted by atomic mass is 16.3. The monoisotopic (exact) mass is 265 g/mol. The molecule has 0 saturated heterocycles. The van der Waals surface area contributed by atoms with Crippen molar-refractivity contribution in [2.75, 3.05) is 5.43 Å². The predicted octanol–water partition coefficient (Wildman–Crippen LogP) is 3.11. The number of hydrogen-bond acceptors (Lipinski definition) is 5. The van der Waals surface area contributed by atoms with Gasteiger partial charge in [0.1, 0.15) is 11.4 Å². The van der Waals surface area contributed by atoms with Crippen LogP contribution in [0.25, 0.3) is 5.70 Å². The quantitative estimate of drug-likeness (QED) is 0.656. The third-order valence-electron chi connectivity index (χ3n) is 2.39. The summed E-state index contributed by atoms with van der Waals surface area (Å²) in [6.07, 6.45) is 1.31. The molecule has 2 rings (SSSR count). The number of rotatable bonds is 4. The van der Waals surface area contributed by atoms with Crippen molar-refractivity contribution in [2.45, 2.75) is 0 Å². The number of benzene rings is 1. The molecule has 0 spiro atoms. The molecule has 98 valence electrons. The molecule has 0 saturated carbocycles. The number of nitriles is 1. The molecule has 1 aromatic heterocycles. The van der Waals surface area contributed by atoms with Gasteiger partial charge in [-0.2, -0.15) is 5.26 Å². The molecule has 0 aliphatic carbocycles. The van der Waals surface area contributed by atoms with Crippen LogP contribution < -0.4 is 5.43 Å². The van der Waals surface area contributed by atoms with Crippen molar-refractivity contribution in [1.29, 1.82) is 5.26 Å². The van der Waals surface area contributed by atoms with Crippen LogP contribution in [0.3, 0.4) is 0 Å². The van der Waals surface area contributed by atoms with Gasteiger partial charge in [0, 0.05) is 0 Å². The first-order chi connectivity index (χ1) is 9.69. The Morgan fingerprint density at radius 3 is 2.90 bits per heavy atom. The highest BCUT2D eigenvalue weighted by Gasteiger charge is 1.99. The zero-order valence-corrected chi connectivity index (χ0v) is 10.5. The predicted molar refractivity (Wildman–Crippen MR) is 74.6 cm³/mol. The molecular formula is C14H11N5O. The fraction of sp³-hybridized carbons (Fsp3) is 0. The molecule has 2 N–H and O–H groups in total. The third-order valence-corrected chi connectivity index (χ3v) is 2.39. The zero-order valence-electron chi connectivity index (χ0n) is 10.5. The highest BCUT2D eigenvalue weighted by Crippen LogP contribution is 2.15. The van der Waals surface area contributed by atoms with E-state index in [1.54, 1.807) is 30.3 Å². The fourth-order valence-electron chi connectivity index (χ4n) is 1.41. The molecule has 6 nitrogen and oxygen atoms in total. The van der Waals surface area contributed by atoms with E-state index in [4.69, 9.17) is 10.4 Å². The summed E-state index contributed by atoms with van der Waals surface area (Å²) in [7, 11) is 0. The average molecular weight is 265 g/mol. The molecule has 0 atom stereocenters. The van der Waals surface area contributed by atoms with Gasteiger partial charge < -0.3 is 5.11 Å². The summed E-state index contributed by atoms with van der Waals surface area (Å²) >= 11 is 0. The molecule has 0 fully saturated rings. The summed E-state index contributed by atoms with van der Waals surface area (Å²) in [4.78, 5) is 3.96. The molecule has 0 aliphatic heterocycles. The SMILES string of the molecule is C=C(N=NNc1cccc(C#N)c1)c1ccc(O)cn1. The van der Waals surface area contributed by atoms with Gasteiger partial charge in [-0.25, -0.2) is 0 Å². The van der Waals surface area contributed by atoms with Gasteiger partial charge in [-0.05, 0) is 30.3 Å². The second-order valence-corrected chi connectivity index (χ2v) is 3.85. The number of anilines is 1. The first-order valence-electron chi connectivity index (χ1n) is 5.70. The lowest BCUT2D eigenvalue weighted by Crippen LogP contribution is -1.89. The number of hydrogen-bond donors (Lipinski definition) is 2. The number of nitrogens with zero attached hydrogens (tertiary/aromatic N) is 4. The van der Waals surface area contributed by atoms with Crippen LogP contribution >= 0.6 is 0 Å². The van der Waals surface area contributed by atoms with Crippen molar-refractivity contribution in [3.05, 3.63) is 60.4 Å². The topological polar surface area (TPSA) is 93.7 Å². The van der Waals surface area contributed by atoms with Gasteiger partial charge in [0.2, 0.25) is 0 Å². The number of aromatic hydroxyl groups is 1. The fourth-order valence-corrected chi connectivity index (χ4v) is 1.41. The van der Waals surface area contributed by atoms with Gasteiger partial charge in [0.25, 0.3) is 0 Å². The second-order valence-electron chi connectivity index (χ2n) is 3.85. The van der Waals surface area contributed by atoms with Gasteiger partial charge in [-0.15, -0.1) is 5.11 Å². The summed E-state index contributed by atoms with van der Waals surface area (Å²) in [6.45, 7) is 3.72. The lowest BCUT2D eigenvalue weighted by molar-refractivity contribution is 0.472. The largest absolute Gasteiger partial charge is 0.506 e. The summed E-state index contributed by atoms with van der Waals surface area (Å²) in [5.41, 5.74) is 4.75. The van der Waals surface area contributed by atoms with Crippen molar-refractivity contribution in [3.63, 3.8) is 0 Å². The van der Waals surface area contributed by atoms with Gasteiger partial charge in [0.15, 0.2) is 0 Å². The highest BCUT2D eigenvalue weighted by molar-refractivity contribution is 5.58. The summed E-state index contributed by atoms with van der Waals surface area (Å²) in [5.74, 6) is 0.0740. The average Bonchev–Trinajstić information content (AvgIpc) is 2.48. The minimum atomic E-state index is 0.0740. The van der Waals surface area contributed by atoms with E-state index in [1.807, 2.05) is 6.07 Å². The third kappa shape index (κ3) is 3.40. The molecule has 1 aromatic carbocycles. The van der Waals surface area contributed by atoms with Crippen LogP contribution in [-0.4, -0.2) is 10.1 Å². The standard InChI is InChI=1S/C14H11N5O/c1-10(14-6-5-13(20)9-16-14)17-19-18-12-4-2-3-11(7-12)8-15/h2-7,9,20H,1H2,(H,17,18). The molecule has 20 heavy (non-hydrogen) atoms. The summed E-state index contributed by atoms with van der Waals surface area (Å²) in [5, 5.41) is 25.5. The van der Waals surface area contributed by atoms with E-state index in [9.17, 15) is 0 Å². The molecule has 0 radical (unpaired) electrons. The first kappa shape index (κ1) is 13.2. The molecule has 0 amide bonds. The molecule has 0 aliphatic rings. The summed E-state index contributed by atoms with van der Waals surface area (Å²) < 4.78 is 0. The van der Waals surface area contributed by atoms with Crippen LogP contribution in [0.2, 0.25) is 0 Å².